The summed E-state index contributed by atoms with van der Waals surface area (Å²) in [6, 6.07) is 10.7. The highest BCUT2D eigenvalue weighted by Gasteiger charge is 2.29. The zero-order valence-corrected chi connectivity index (χ0v) is 18.8. The van der Waals surface area contributed by atoms with Crippen LogP contribution in [-0.4, -0.2) is 29.3 Å². The molecule has 0 saturated heterocycles. The number of halogens is 3. The number of benzene rings is 2. The van der Waals surface area contributed by atoms with Crippen molar-refractivity contribution in [3.8, 4) is 0 Å². The number of hydrogen-bond donors (Lipinski definition) is 1. The summed E-state index contributed by atoms with van der Waals surface area (Å²) in [7, 11) is 0. The molecule has 2 aromatic carbocycles. The molecule has 0 saturated carbocycles. The average Bonchev–Trinajstić information content (AvgIpc) is 2.72. The van der Waals surface area contributed by atoms with E-state index in [1.54, 1.807) is 30.3 Å². The zero-order valence-electron chi connectivity index (χ0n) is 17.3. The van der Waals surface area contributed by atoms with Gasteiger partial charge in [-0.2, -0.15) is 0 Å². The van der Waals surface area contributed by atoms with E-state index in [2.05, 4.69) is 5.32 Å². The quantitative estimate of drug-likeness (QED) is 0.490. The Kier molecular flexibility index (Phi) is 9.60. The summed E-state index contributed by atoms with van der Waals surface area (Å²) in [6.07, 6.45) is 2.02. The van der Waals surface area contributed by atoms with Crippen LogP contribution in [0.2, 0.25) is 10.0 Å². The van der Waals surface area contributed by atoms with Crippen molar-refractivity contribution >= 4 is 35.0 Å². The predicted molar refractivity (Wildman–Crippen MR) is 119 cm³/mol. The molecule has 30 heavy (non-hydrogen) atoms. The molecule has 0 aliphatic heterocycles. The zero-order chi connectivity index (χ0) is 22.1. The first-order chi connectivity index (χ1) is 14.4. The van der Waals surface area contributed by atoms with Gasteiger partial charge in [-0.1, -0.05) is 61.7 Å². The lowest BCUT2D eigenvalue weighted by Crippen LogP contribution is -2.49. The maximum atomic E-state index is 14.2. The summed E-state index contributed by atoms with van der Waals surface area (Å²) in [4.78, 5) is 27.5. The lowest BCUT2D eigenvalue weighted by molar-refractivity contribution is -0.141. The van der Waals surface area contributed by atoms with Crippen LogP contribution in [0.3, 0.4) is 0 Å². The van der Waals surface area contributed by atoms with Gasteiger partial charge in [0.1, 0.15) is 11.9 Å². The van der Waals surface area contributed by atoms with Crippen molar-refractivity contribution in [3.63, 3.8) is 0 Å². The Bertz CT molecular complexity index is 839. The molecule has 1 atom stereocenters. The van der Waals surface area contributed by atoms with Crippen LogP contribution < -0.4 is 5.32 Å². The molecule has 2 amide bonds. The van der Waals surface area contributed by atoms with E-state index in [-0.39, 0.29) is 35.4 Å². The van der Waals surface area contributed by atoms with E-state index in [4.69, 9.17) is 23.2 Å². The highest BCUT2D eigenvalue weighted by atomic mass is 35.5. The number of carbonyl (C=O) groups is 2. The van der Waals surface area contributed by atoms with Crippen molar-refractivity contribution in [2.75, 3.05) is 6.54 Å². The monoisotopic (exact) mass is 452 g/mol. The fourth-order valence-electron chi connectivity index (χ4n) is 3.17. The number of amides is 2. The minimum atomic E-state index is -0.671. The van der Waals surface area contributed by atoms with Gasteiger partial charge in [0.15, 0.2) is 0 Å². The third-order valence-corrected chi connectivity index (χ3v) is 5.48. The first-order valence-corrected chi connectivity index (χ1v) is 10.9. The summed E-state index contributed by atoms with van der Waals surface area (Å²) in [6.45, 7) is 4.65. The maximum Gasteiger partial charge on any atom is 0.242 e. The summed E-state index contributed by atoms with van der Waals surface area (Å²) in [5.41, 5.74) is 0.957. The van der Waals surface area contributed by atoms with Gasteiger partial charge in [-0.15, -0.1) is 0 Å². The van der Waals surface area contributed by atoms with Gasteiger partial charge in [0.25, 0.3) is 0 Å². The highest BCUT2D eigenvalue weighted by molar-refractivity contribution is 6.31. The van der Waals surface area contributed by atoms with E-state index in [0.717, 1.165) is 18.4 Å². The van der Waals surface area contributed by atoms with Crippen LogP contribution >= 0.6 is 23.2 Å². The maximum absolute atomic E-state index is 14.2. The topological polar surface area (TPSA) is 49.4 Å². The number of nitrogens with one attached hydrogen (secondary N) is 1. The van der Waals surface area contributed by atoms with E-state index in [1.165, 1.54) is 17.0 Å². The van der Waals surface area contributed by atoms with Crippen molar-refractivity contribution in [2.45, 2.75) is 52.1 Å². The SMILES string of the molecule is CCCCNC(=O)C(CC)N(Cc1ccc(Cl)cc1)C(=O)Cc1c(F)cccc1Cl. The Labute approximate surface area is 187 Å². The highest BCUT2D eigenvalue weighted by Crippen LogP contribution is 2.22. The molecule has 4 nitrogen and oxygen atoms in total. The van der Waals surface area contributed by atoms with E-state index in [1.807, 2.05) is 13.8 Å². The molecular formula is C23H27Cl2FN2O2. The van der Waals surface area contributed by atoms with Gasteiger partial charge >= 0.3 is 0 Å². The number of nitrogens with zero attached hydrogens (tertiary/aromatic N) is 1. The van der Waals surface area contributed by atoms with Gasteiger partial charge < -0.3 is 10.2 Å². The molecule has 7 heteroatoms. The van der Waals surface area contributed by atoms with Crippen LogP contribution in [0.15, 0.2) is 42.5 Å². The Hall–Kier alpha value is -2.11. The standard InChI is InChI=1S/C23H27Cl2FN2O2/c1-3-5-13-27-23(30)21(4-2)28(15-16-9-11-17(24)12-10-16)22(29)14-18-19(25)7-6-8-20(18)26/h6-12,21H,3-5,13-15H2,1-2H3,(H,27,30). The molecule has 0 aliphatic carbocycles. The van der Waals surface area contributed by atoms with Gasteiger partial charge in [0.2, 0.25) is 11.8 Å². The lowest BCUT2D eigenvalue weighted by Gasteiger charge is -2.31. The van der Waals surface area contributed by atoms with E-state index in [9.17, 15) is 14.0 Å². The molecule has 0 radical (unpaired) electrons. The van der Waals surface area contributed by atoms with Crippen molar-refractivity contribution in [2.24, 2.45) is 0 Å². The fourth-order valence-corrected chi connectivity index (χ4v) is 3.52. The second-order valence-electron chi connectivity index (χ2n) is 7.09. The molecule has 0 spiro atoms. The molecule has 1 N–H and O–H groups in total. The van der Waals surface area contributed by atoms with Crippen LogP contribution in [0.5, 0.6) is 0 Å². The third kappa shape index (κ3) is 6.71. The molecule has 0 fully saturated rings. The summed E-state index contributed by atoms with van der Waals surface area (Å²) in [5.74, 6) is -1.12. The van der Waals surface area contributed by atoms with Gasteiger partial charge in [-0.3, -0.25) is 9.59 Å². The smallest absolute Gasteiger partial charge is 0.242 e. The normalized spacial score (nSPS) is 11.8. The second-order valence-corrected chi connectivity index (χ2v) is 7.94. The Morgan fingerprint density at radius 2 is 1.80 bits per heavy atom. The van der Waals surface area contributed by atoms with Crippen molar-refractivity contribution in [3.05, 3.63) is 69.5 Å². The minimum Gasteiger partial charge on any atom is -0.354 e. The molecule has 2 rings (SSSR count). The summed E-state index contributed by atoms with van der Waals surface area (Å²) in [5, 5.41) is 3.67. The van der Waals surface area contributed by atoms with Gasteiger partial charge in [0, 0.05) is 28.7 Å². The van der Waals surface area contributed by atoms with Gasteiger partial charge in [-0.25, -0.2) is 4.39 Å². The van der Waals surface area contributed by atoms with Gasteiger partial charge in [0.05, 0.1) is 6.42 Å². The molecule has 0 bridgehead atoms. The first kappa shape index (κ1) is 24.2. The van der Waals surface area contributed by atoms with E-state index in [0.29, 0.717) is 18.0 Å². The van der Waals surface area contributed by atoms with Crippen molar-refractivity contribution in [1.29, 1.82) is 0 Å². The molecule has 2 aromatic rings. The molecule has 0 aliphatic rings. The van der Waals surface area contributed by atoms with E-state index >= 15 is 0 Å². The molecule has 0 heterocycles. The number of unbranched alkanes of at least 4 members (excludes halogenated alkanes) is 1. The van der Waals surface area contributed by atoms with Crippen molar-refractivity contribution < 1.29 is 14.0 Å². The van der Waals surface area contributed by atoms with Crippen LogP contribution in [0.25, 0.3) is 0 Å². The molecular weight excluding hydrogens is 426 g/mol. The first-order valence-electron chi connectivity index (χ1n) is 10.1. The molecule has 162 valence electrons. The predicted octanol–water partition coefficient (Wildman–Crippen LogP) is 5.40. The Morgan fingerprint density at radius 1 is 1.10 bits per heavy atom. The third-order valence-electron chi connectivity index (χ3n) is 4.87. The fraction of sp³-hybridized carbons (Fsp3) is 0.391. The Morgan fingerprint density at radius 3 is 2.40 bits per heavy atom. The van der Waals surface area contributed by atoms with E-state index < -0.39 is 11.9 Å². The summed E-state index contributed by atoms with van der Waals surface area (Å²) >= 11 is 12.1. The number of hydrogen-bond acceptors (Lipinski definition) is 2. The number of rotatable bonds is 10. The van der Waals surface area contributed by atoms with Crippen molar-refractivity contribution in [1.82, 2.24) is 10.2 Å². The Balaban J connectivity index is 2.29. The molecule has 1 unspecified atom stereocenters. The minimum absolute atomic E-state index is 0.131. The van der Waals surface area contributed by atoms with Crippen LogP contribution in [0, 0.1) is 5.82 Å². The second kappa shape index (κ2) is 11.9. The van der Waals surface area contributed by atoms with Crippen LogP contribution in [0.1, 0.15) is 44.2 Å². The van der Waals surface area contributed by atoms with Gasteiger partial charge in [-0.05, 0) is 42.7 Å². The average molecular weight is 453 g/mol. The summed E-state index contributed by atoms with van der Waals surface area (Å²) < 4.78 is 14.2. The lowest BCUT2D eigenvalue weighted by atomic mass is 10.1. The van der Waals surface area contributed by atoms with Crippen LogP contribution in [-0.2, 0) is 22.6 Å². The molecule has 0 aromatic heterocycles. The largest absolute Gasteiger partial charge is 0.354 e. The number of carbonyl (C=O) groups excluding carboxylic acids is 2. The van der Waals surface area contributed by atoms with Crippen LogP contribution in [0.4, 0.5) is 4.39 Å².